The molecule has 4 nitrogen and oxygen atoms in total. The lowest BCUT2D eigenvalue weighted by atomic mass is 9.89. The van der Waals surface area contributed by atoms with Crippen LogP contribution in [0.3, 0.4) is 0 Å². The highest BCUT2D eigenvalue weighted by Gasteiger charge is 2.49. The van der Waals surface area contributed by atoms with Crippen molar-refractivity contribution in [3.8, 4) is 0 Å². The van der Waals surface area contributed by atoms with E-state index in [-0.39, 0.29) is 0 Å². The summed E-state index contributed by atoms with van der Waals surface area (Å²) in [6.07, 6.45) is 1.49. The zero-order chi connectivity index (χ0) is 11.9. The molecule has 17 heavy (non-hydrogen) atoms. The highest BCUT2D eigenvalue weighted by Crippen LogP contribution is 2.42. The first-order valence-corrected chi connectivity index (χ1v) is 5.87. The Morgan fingerprint density at radius 3 is 2.88 bits per heavy atom. The molecular formula is C13H14O4. The molecule has 0 saturated carbocycles. The van der Waals surface area contributed by atoms with Gasteiger partial charge >= 0.3 is 5.97 Å². The maximum absolute atomic E-state index is 11.9. The third-order valence-electron chi connectivity index (χ3n) is 3.42. The summed E-state index contributed by atoms with van der Waals surface area (Å²) < 4.78 is 10.9. The van der Waals surface area contributed by atoms with Gasteiger partial charge in [-0.1, -0.05) is 18.2 Å². The molecule has 1 aromatic carbocycles. The number of ether oxygens (including phenoxy) is 2. The normalized spacial score (nSPS) is 32.1. The molecule has 0 bridgehead atoms. The number of hydrogen-bond donors (Lipinski definition) is 1. The van der Waals surface area contributed by atoms with Gasteiger partial charge < -0.3 is 14.6 Å². The van der Waals surface area contributed by atoms with Crippen LogP contribution in [0.25, 0.3) is 0 Å². The third-order valence-corrected chi connectivity index (χ3v) is 3.42. The highest BCUT2D eigenvalue weighted by atomic mass is 16.7. The van der Waals surface area contributed by atoms with Crippen molar-refractivity contribution >= 4 is 5.97 Å². The molecule has 4 heteroatoms. The maximum Gasteiger partial charge on any atom is 0.341 e. The Bertz CT molecular complexity index is 448. The van der Waals surface area contributed by atoms with Gasteiger partial charge in [-0.05, 0) is 18.9 Å². The van der Waals surface area contributed by atoms with Crippen LogP contribution in [0, 0.1) is 0 Å². The average molecular weight is 234 g/mol. The summed E-state index contributed by atoms with van der Waals surface area (Å²) in [5, 5.41) is 10.4. The maximum atomic E-state index is 11.9. The molecule has 0 aromatic heterocycles. The number of carbonyl (C=O) groups excluding carboxylic acids is 1. The second-order valence-electron chi connectivity index (χ2n) is 4.50. The number of rotatable bonds is 0. The van der Waals surface area contributed by atoms with Crippen molar-refractivity contribution in [1.29, 1.82) is 0 Å². The van der Waals surface area contributed by atoms with E-state index >= 15 is 0 Å². The highest BCUT2D eigenvalue weighted by molar-refractivity contribution is 5.92. The van der Waals surface area contributed by atoms with Gasteiger partial charge in [-0.3, -0.25) is 0 Å². The Morgan fingerprint density at radius 1 is 1.29 bits per heavy atom. The SMILES string of the molecule is O=C1O[C@]2(CCCCO2)[C@@H](O)c2ccccc21. The topological polar surface area (TPSA) is 55.8 Å². The first kappa shape index (κ1) is 10.7. The Kier molecular flexibility index (Phi) is 2.42. The fourth-order valence-corrected chi connectivity index (χ4v) is 2.51. The second kappa shape index (κ2) is 3.82. The van der Waals surface area contributed by atoms with Crippen molar-refractivity contribution < 1.29 is 19.4 Å². The minimum atomic E-state index is -1.16. The van der Waals surface area contributed by atoms with Gasteiger partial charge in [-0.25, -0.2) is 4.79 Å². The van der Waals surface area contributed by atoms with Crippen LogP contribution in [0.4, 0.5) is 0 Å². The molecule has 2 aliphatic heterocycles. The van der Waals surface area contributed by atoms with Gasteiger partial charge in [0.25, 0.3) is 0 Å². The van der Waals surface area contributed by atoms with Crippen molar-refractivity contribution in [2.24, 2.45) is 0 Å². The van der Waals surface area contributed by atoms with E-state index in [1.54, 1.807) is 24.3 Å². The molecule has 0 aliphatic carbocycles. The molecular weight excluding hydrogens is 220 g/mol. The van der Waals surface area contributed by atoms with Gasteiger partial charge in [-0.2, -0.15) is 0 Å². The summed E-state index contributed by atoms with van der Waals surface area (Å²) in [7, 11) is 0. The number of aliphatic hydroxyl groups excluding tert-OH is 1. The fourth-order valence-electron chi connectivity index (χ4n) is 2.51. The van der Waals surface area contributed by atoms with E-state index in [9.17, 15) is 9.90 Å². The predicted octanol–water partition coefficient (Wildman–Crippen LogP) is 1.79. The molecule has 90 valence electrons. The van der Waals surface area contributed by atoms with Crippen molar-refractivity contribution in [1.82, 2.24) is 0 Å². The molecule has 1 spiro atoms. The molecule has 2 atom stereocenters. The molecule has 1 aromatic rings. The van der Waals surface area contributed by atoms with E-state index in [2.05, 4.69) is 0 Å². The van der Waals surface area contributed by atoms with Crippen LogP contribution in [0.1, 0.15) is 41.3 Å². The summed E-state index contributed by atoms with van der Waals surface area (Å²) in [5.74, 6) is -1.57. The van der Waals surface area contributed by atoms with Crippen LogP contribution in [0.15, 0.2) is 24.3 Å². The van der Waals surface area contributed by atoms with E-state index in [0.717, 1.165) is 12.8 Å². The van der Waals surface area contributed by atoms with Gasteiger partial charge in [-0.15, -0.1) is 0 Å². The Morgan fingerprint density at radius 2 is 2.12 bits per heavy atom. The lowest BCUT2D eigenvalue weighted by Crippen LogP contribution is -2.49. The monoisotopic (exact) mass is 234 g/mol. The average Bonchev–Trinajstić information content (AvgIpc) is 2.37. The third kappa shape index (κ3) is 1.56. The van der Waals surface area contributed by atoms with E-state index in [1.807, 2.05) is 0 Å². The van der Waals surface area contributed by atoms with Gasteiger partial charge in [0.05, 0.1) is 12.2 Å². The summed E-state index contributed by atoms with van der Waals surface area (Å²) in [5.41, 5.74) is 1.03. The Balaban J connectivity index is 2.05. The smallest absolute Gasteiger partial charge is 0.341 e. The molecule has 2 aliphatic rings. The molecule has 1 saturated heterocycles. The second-order valence-corrected chi connectivity index (χ2v) is 4.50. The van der Waals surface area contributed by atoms with Gasteiger partial charge in [0.15, 0.2) is 0 Å². The number of carbonyl (C=O) groups is 1. The van der Waals surface area contributed by atoms with Gasteiger partial charge in [0.1, 0.15) is 6.10 Å². The number of benzene rings is 1. The number of esters is 1. The van der Waals surface area contributed by atoms with E-state index < -0.39 is 17.9 Å². The number of hydrogen-bond acceptors (Lipinski definition) is 4. The number of fused-ring (bicyclic) bond motifs is 1. The molecule has 3 rings (SSSR count). The molecule has 1 N–H and O–H groups in total. The molecule has 0 radical (unpaired) electrons. The Labute approximate surface area is 99.2 Å². The first-order valence-electron chi connectivity index (χ1n) is 5.87. The summed E-state index contributed by atoms with van der Waals surface area (Å²) in [6, 6.07) is 6.97. The Hall–Kier alpha value is -1.39. The minimum absolute atomic E-state index is 0.409. The van der Waals surface area contributed by atoms with Gasteiger partial charge in [0.2, 0.25) is 5.79 Å². The van der Waals surface area contributed by atoms with E-state index in [1.165, 1.54) is 0 Å². The van der Waals surface area contributed by atoms with E-state index in [4.69, 9.17) is 9.47 Å². The first-order chi connectivity index (χ1) is 8.23. The van der Waals surface area contributed by atoms with Crippen LogP contribution in [0.2, 0.25) is 0 Å². The van der Waals surface area contributed by atoms with Crippen LogP contribution in [-0.2, 0) is 9.47 Å². The zero-order valence-electron chi connectivity index (χ0n) is 9.39. The fraction of sp³-hybridized carbons (Fsp3) is 0.462. The van der Waals surface area contributed by atoms with Crippen LogP contribution >= 0.6 is 0 Å². The van der Waals surface area contributed by atoms with Crippen molar-refractivity contribution in [2.75, 3.05) is 6.61 Å². The van der Waals surface area contributed by atoms with E-state index in [0.29, 0.717) is 24.2 Å². The molecule has 1 fully saturated rings. The van der Waals surface area contributed by atoms with Crippen LogP contribution in [0.5, 0.6) is 0 Å². The quantitative estimate of drug-likeness (QED) is 0.695. The molecule has 0 unspecified atom stereocenters. The van der Waals surface area contributed by atoms with Crippen molar-refractivity contribution in [3.05, 3.63) is 35.4 Å². The molecule has 0 amide bonds. The largest absolute Gasteiger partial charge is 0.426 e. The summed E-state index contributed by atoms with van der Waals surface area (Å²) >= 11 is 0. The zero-order valence-corrected chi connectivity index (χ0v) is 9.39. The number of aliphatic hydroxyl groups is 1. The lowest BCUT2D eigenvalue weighted by Gasteiger charge is -2.42. The van der Waals surface area contributed by atoms with Crippen LogP contribution < -0.4 is 0 Å². The van der Waals surface area contributed by atoms with Crippen molar-refractivity contribution in [2.45, 2.75) is 31.2 Å². The predicted molar refractivity (Wildman–Crippen MR) is 59.4 cm³/mol. The summed E-state index contributed by atoms with van der Waals surface area (Å²) in [6.45, 7) is 0.520. The van der Waals surface area contributed by atoms with Crippen molar-refractivity contribution in [3.63, 3.8) is 0 Å². The van der Waals surface area contributed by atoms with Gasteiger partial charge in [0, 0.05) is 12.0 Å². The standard InChI is InChI=1S/C13H14O4/c14-11-9-5-1-2-6-10(9)12(15)17-13(11)7-3-4-8-16-13/h1-2,5-6,11,14H,3-4,7-8H2/t11-,13+/m0/s1. The van der Waals surface area contributed by atoms with Crippen LogP contribution in [-0.4, -0.2) is 23.5 Å². The summed E-state index contributed by atoms with van der Waals surface area (Å²) in [4.78, 5) is 11.9. The minimum Gasteiger partial charge on any atom is -0.426 e. The lowest BCUT2D eigenvalue weighted by molar-refractivity contribution is -0.278. The molecule has 2 heterocycles.